The summed E-state index contributed by atoms with van der Waals surface area (Å²) in [5, 5.41) is 8.71. The second-order valence-electron chi connectivity index (χ2n) is 3.35. The Hall–Kier alpha value is -1.43. The molecule has 0 radical (unpaired) electrons. The van der Waals surface area contributed by atoms with Crippen molar-refractivity contribution in [3.8, 4) is 0 Å². The molecule has 0 spiro atoms. The lowest BCUT2D eigenvalue weighted by Gasteiger charge is -2.07. The van der Waals surface area contributed by atoms with Crippen LogP contribution in [0.1, 0.15) is 34.9 Å². The fourth-order valence-electron chi connectivity index (χ4n) is 1.19. The predicted octanol–water partition coefficient (Wildman–Crippen LogP) is 2.34. The van der Waals surface area contributed by atoms with Crippen LogP contribution in [0.15, 0.2) is 16.5 Å². The number of carboxylic acid groups (broad SMARTS) is 1. The van der Waals surface area contributed by atoms with Crippen molar-refractivity contribution in [2.24, 2.45) is 0 Å². The third-order valence-corrected chi connectivity index (χ3v) is 3.31. The quantitative estimate of drug-likeness (QED) is 0.789. The van der Waals surface area contributed by atoms with E-state index in [1.54, 1.807) is 6.07 Å². The number of carbonyl (C=O) groups excluding carboxylic acids is 1. The summed E-state index contributed by atoms with van der Waals surface area (Å²) in [5.74, 6) is -0.201. The summed E-state index contributed by atoms with van der Waals surface area (Å²) in [7, 11) is 1.35. The predicted molar refractivity (Wildman–Crippen MR) is 63.2 cm³/mol. The van der Waals surface area contributed by atoms with Gasteiger partial charge in [0, 0.05) is 5.75 Å². The molecule has 1 unspecified atom stereocenters. The first-order valence-corrected chi connectivity index (χ1v) is 6.11. The molecule has 0 aromatic carbocycles. The first-order chi connectivity index (χ1) is 8.04. The second-order valence-corrected chi connectivity index (χ2v) is 4.80. The Morgan fingerprint density at radius 1 is 1.53 bits per heavy atom. The minimum Gasteiger partial charge on any atom is -0.475 e. The third kappa shape index (κ3) is 4.14. The Morgan fingerprint density at radius 2 is 2.24 bits per heavy atom. The highest BCUT2D eigenvalue weighted by Crippen LogP contribution is 2.29. The molecule has 6 heteroatoms. The van der Waals surface area contributed by atoms with Gasteiger partial charge in [-0.15, -0.1) is 0 Å². The molecule has 0 aliphatic heterocycles. The van der Waals surface area contributed by atoms with Crippen LogP contribution < -0.4 is 0 Å². The summed E-state index contributed by atoms with van der Waals surface area (Å²) in [6.07, 6.45) is 0.331. The van der Waals surface area contributed by atoms with Gasteiger partial charge in [-0.2, -0.15) is 11.8 Å². The summed E-state index contributed by atoms with van der Waals surface area (Å²) in [4.78, 5) is 21.5. The molecule has 1 atom stereocenters. The molecule has 17 heavy (non-hydrogen) atoms. The zero-order valence-corrected chi connectivity index (χ0v) is 10.5. The number of furan rings is 1. The molecule has 1 heterocycles. The first-order valence-electron chi connectivity index (χ1n) is 5.06. The number of hydrogen-bond acceptors (Lipinski definition) is 5. The third-order valence-electron chi connectivity index (χ3n) is 2.14. The summed E-state index contributed by atoms with van der Waals surface area (Å²) < 4.78 is 9.67. The van der Waals surface area contributed by atoms with E-state index in [0.29, 0.717) is 17.9 Å². The number of esters is 1. The summed E-state index contributed by atoms with van der Waals surface area (Å²) >= 11 is 1.51. The van der Waals surface area contributed by atoms with Gasteiger partial charge in [-0.05, 0) is 19.1 Å². The summed E-state index contributed by atoms with van der Waals surface area (Å²) in [5.41, 5.74) is 0. The molecule has 0 aliphatic rings. The van der Waals surface area contributed by atoms with Gasteiger partial charge in [0.05, 0.1) is 18.8 Å². The van der Waals surface area contributed by atoms with Crippen molar-refractivity contribution in [1.82, 2.24) is 0 Å². The van der Waals surface area contributed by atoms with Crippen molar-refractivity contribution >= 4 is 23.7 Å². The Morgan fingerprint density at radius 3 is 2.76 bits per heavy atom. The van der Waals surface area contributed by atoms with Gasteiger partial charge in [0.1, 0.15) is 5.76 Å². The molecule has 94 valence electrons. The normalized spacial score (nSPS) is 12.1. The van der Waals surface area contributed by atoms with E-state index in [1.165, 1.54) is 24.9 Å². The molecule has 0 amide bonds. The lowest BCUT2D eigenvalue weighted by Crippen LogP contribution is -2.02. The Bertz CT molecular complexity index is 398. The van der Waals surface area contributed by atoms with Crippen molar-refractivity contribution in [3.63, 3.8) is 0 Å². The lowest BCUT2D eigenvalue weighted by atomic mass is 10.3. The van der Waals surface area contributed by atoms with E-state index >= 15 is 0 Å². The highest BCUT2D eigenvalue weighted by molar-refractivity contribution is 7.99. The molecule has 0 bridgehead atoms. The first kappa shape index (κ1) is 13.6. The number of rotatable bonds is 6. The Balaban J connectivity index is 2.43. The fourth-order valence-corrected chi connectivity index (χ4v) is 2.12. The van der Waals surface area contributed by atoms with Gasteiger partial charge >= 0.3 is 11.9 Å². The van der Waals surface area contributed by atoms with Crippen molar-refractivity contribution in [1.29, 1.82) is 0 Å². The number of thioether (sulfide) groups is 1. The molecule has 1 aromatic heterocycles. The summed E-state index contributed by atoms with van der Waals surface area (Å²) in [6.45, 7) is 1.90. The molecule has 1 aromatic rings. The molecular formula is C11H14O5S. The lowest BCUT2D eigenvalue weighted by molar-refractivity contribution is -0.140. The van der Waals surface area contributed by atoms with Gasteiger partial charge in [0.2, 0.25) is 5.76 Å². The average Bonchev–Trinajstić information content (AvgIpc) is 2.78. The Kier molecular flexibility index (Phi) is 5.09. The van der Waals surface area contributed by atoms with Crippen LogP contribution in [0.5, 0.6) is 0 Å². The average molecular weight is 258 g/mol. The monoisotopic (exact) mass is 258 g/mol. The van der Waals surface area contributed by atoms with Crippen molar-refractivity contribution < 1.29 is 23.8 Å². The van der Waals surface area contributed by atoms with Crippen LogP contribution in [-0.4, -0.2) is 29.9 Å². The molecule has 0 saturated heterocycles. The molecule has 5 nitrogen and oxygen atoms in total. The number of aromatic carboxylic acids is 1. The number of methoxy groups -OCH3 is 1. The maximum Gasteiger partial charge on any atom is 0.371 e. The second kappa shape index (κ2) is 6.34. The maximum absolute atomic E-state index is 10.9. The van der Waals surface area contributed by atoms with E-state index in [2.05, 4.69) is 4.74 Å². The van der Waals surface area contributed by atoms with Gasteiger partial charge in [0.25, 0.3) is 0 Å². The number of hydrogen-bond donors (Lipinski definition) is 1. The number of carbonyl (C=O) groups is 2. The zero-order valence-electron chi connectivity index (χ0n) is 9.63. The smallest absolute Gasteiger partial charge is 0.371 e. The molecule has 1 rings (SSSR count). The summed E-state index contributed by atoms with van der Waals surface area (Å²) in [6, 6.07) is 3.06. The largest absolute Gasteiger partial charge is 0.475 e. The van der Waals surface area contributed by atoms with E-state index in [-0.39, 0.29) is 17.0 Å². The number of carboxylic acids is 1. The molecule has 0 saturated carbocycles. The van der Waals surface area contributed by atoms with Gasteiger partial charge in [-0.25, -0.2) is 4.79 Å². The van der Waals surface area contributed by atoms with Crippen molar-refractivity contribution in [2.45, 2.75) is 18.6 Å². The molecule has 0 fully saturated rings. The van der Waals surface area contributed by atoms with Gasteiger partial charge in [-0.1, -0.05) is 0 Å². The SMILES string of the molecule is COC(=O)CCSC(C)c1ccc(C(=O)O)o1. The van der Waals surface area contributed by atoms with Crippen LogP contribution in [0.2, 0.25) is 0 Å². The van der Waals surface area contributed by atoms with Crippen LogP contribution in [-0.2, 0) is 9.53 Å². The van der Waals surface area contributed by atoms with E-state index in [9.17, 15) is 9.59 Å². The minimum absolute atomic E-state index is 0.00718. The van der Waals surface area contributed by atoms with Crippen LogP contribution in [0, 0.1) is 0 Å². The highest BCUT2D eigenvalue weighted by atomic mass is 32.2. The Labute approximate surface area is 103 Å². The topological polar surface area (TPSA) is 76.7 Å². The van der Waals surface area contributed by atoms with Gasteiger partial charge in [0.15, 0.2) is 0 Å². The van der Waals surface area contributed by atoms with Gasteiger partial charge in [-0.3, -0.25) is 4.79 Å². The molecule has 0 aliphatic carbocycles. The minimum atomic E-state index is -1.08. The van der Waals surface area contributed by atoms with Crippen LogP contribution >= 0.6 is 11.8 Å². The zero-order chi connectivity index (χ0) is 12.8. The standard InChI is InChI=1S/C11H14O5S/c1-7(17-6-5-10(12)15-2)8-3-4-9(16-8)11(13)14/h3-4,7H,5-6H2,1-2H3,(H,13,14). The van der Waals surface area contributed by atoms with E-state index < -0.39 is 5.97 Å². The fraction of sp³-hybridized carbons (Fsp3) is 0.455. The number of ether oxygens (including phenoxy) is 1. The van der Waals surface area contributed by atoms with Crippen LogP contribution in [0.25, 0.3) is 0 Å². The van der Waals surface area contributed by atoms with Crippen molar-refractivity contribution in [3.05, 3.63) is 23.7 Å². The van der Waals surface area contributed by atoms with Crippen LogP contribution in [0.4, 0.5) is 0 Å². The maximum atomic E-state index is 10.9. The van der Waals surface area contributed by atoms with E-state index in [0.717, 1.165) is 0 Å². The van der Waals surface area contributed by atoms with E-state index in [1.807, 2.05) is 6.92 Å². The van der Waals surface area contributed by atoms with Crippen molar-refractivity contribution in [2.75, 3.05) is 12.9 Å². The highest BCUT2D eigenvalue weighted by Gasteiger charge is 2.14. The molecule has 1 N–H and O–H groups in total. The van der Waals surface area contributed by atoms with E-state index in [4.69, 9.17) is 9.52 Å². The van der Waals surface area contributed by atoms with Gasteiger partial charge < -0.3 is 14.3 Å². The molecular weight excluding hydrogens is 244 g/mol. The van der Waals surface area contributed by atoms with Crippen LogP contribution in [0.3, 0.4) is 0 Å².